The molecule has 214 valence electrons. The summed E-state index contributed by atoms with van der Waals surface area (Å²) in [7, 11) is 0. The first kappa shape index (κ1) is 27.9. The fourth-order valence-corrected chi connectivity index (χ4v) is 4.28. The van der Waals surface area contributed by atoms with Crippen molar-refractivity contribution < 1.29 is 23.7 Å². The van der Waals surface area contributed by atoms with Gasteiger partial charge in [0.05, 0.1) is 36.2 Å². The molecule has 3 N–H and O–H groups in total. The van der Waals surface area contributed by atoms with Crippen molar-refractivity contribution in [2.45, 2.75) is 39.0 Å². The minimum atomic E-state index is -0.592. The number of nitrogens with one attached hydrogen (secondary N) is 1. The molecule has 0 aliphatic carbocycles. The van der Waals surface area contributed by atoms with Gasteiger partial charge in [0.1, 0.15) is 42.5 Å². The first-order chi connectivity index (χ1) is 19.7. The average molecular weight is 559 g/mol. The van der Waals surface area contributed by atoms with E-state index in [0.29, 0.717) is 49.1 Å². The van der Waals surface area contributed by atoms with Gasteiger partial charge in [0.2, 0.25) is 0 Å². The molecule has 1 atom stereocenters. The number of aromatic nitrogens is 3. The number of hydrogen-bond donors (Lipinski definition) is 2. The second-order valence-electron chi connectivity index (χ2n) is 10.6. The van der Waals surface area contributed by atoms with Crippen molar-refractivity contribution in [3.8, 4) is 11.5 Å². The topological polar surface area (TPSA) is 134 Å². The summed E-state index contributed by atoms with van der Waals surface area (Å²) in [6, 6.07) is 16.5. The van der Waals surface area contributed by atoms with Crippen molar-refractivity contribution >= 4 is 34.2 Å². The van der Waals surface area contributed by atoms with Gasteiger partial charge in [-0.3, -0.25) is 9.88 Å². The number of carbonyl (C=O) groups excluding carboxylic acids is 1. The Kier molecular flexibility index (Phi) is 8.34. The van der Waals surface area contributed by atoms with E-state index >= 15 is 0 Å². The molecule has 3 heterocycles. The first-order valence-electron chi connectivity index (χ1n) is 13.4. The van der Waals surface area contributed by atoms with Gasteiger partial charge in [-0.25, -0.2) is 14.8 Å². The van der Waals surface area contributed by atoms with Gasteiger partial charge in [0.25, 0.3) is 0 Å². The third kappa shape index (κ3) is 7.31. The van der Waals surface area contributed by atoms with Crippen molar-refractivity contribution in [2.75, 3.05) is 37.4 Å². The van der Waals surface area contributed by atoms with Crippen molar-refractivity contribution in [3.05, 3.63) is 72.8 Å². The molecule has 1 aliphatic heterocycles. The predicted octanol–water partition coefficient (Wildman–Crippen LogP) is 4.94. The van der Waals surface area contributed by atoms with Crippen LogP contribution in [0.2, 0.25) is 0 Å². The van der Waals surface area contributed by atoms with E-state index in [1.54, 1.807) is 23.2 Å². The number of fused-ring (bicyclic) bond motifs is 1. The van der Waals surface area contributed by atoms with Crippen LogP contribution in [0.3, 0.4) is 0 Å². The molecule has 1 aliphatic rings. The Morgan fingerprint density at radius 1 is 1.10 bits per heavy atom. The van der Waals surface area contributed by atoms with Crippen LogP contribution in [-0.4, -0.2) is 64.0 Å². The lowest BCUT2D eigenvalue weighted by Crippen LogP contribution is -2.52. The van der Waals surface area contributed by atoms with E-state index in [-0.39, 0.29) is 12.6 Å². The monoisotopic (exact) mass is 558 g/mol. The predicted molar refractivity (Wildman–Crippen MR) is 155 cm³/mol. The molecule has 0 bridgehead atoms. The zero-order chi connectivity index (χ0) is 28.8. The number of hydrogen-bond acceptors (Lipinski definition) is 10. The van der Waals surface area contributed by atoms with Gasteiger partial charge < -0.3 is 30.0 Å². The minimum absolute atomic E-state index is 0.194. The third-order valence-electron chi connectivity index (χ3n) is 6.28. The Morgan fingerprint density at radius 2 is 1.93 bits per heavy atom. The largest absolute Gasteiger partial charge is 0.489 e. The van der Waals surface area contributed by atoms with Gasteiger partial charge in [-0.05, 0) is 63.2 Å². The number of nitrogen functional groups attached to an aromatic ring is 1. The lowest BCUT2D eigenvalue weighted by molar-refractivity contribution is -0.0417. The summed E-state index contributed by atoms with van der Waals surface area (Å²) in [5.41, 5.74) is 8.55. The number of rotatable bonds is 8. The van der Waals surface area contributed by atoms with E-state index in [0.717, 1.165) is 22.5 Å². The van der Waals surface area contributed by atoms with Gasteiger partial charge in [0.15, 0.2) is 0 Å². The molecular weight excluding hydrogens is 524 g/mol. The number of anilines is 3. The molecule has 1 unspecified atom stereocenters. The Balaban J connectivity index is 1.25. The summed E-state index contributed by atoms with van der Waals surface area (Å²) in [5.74, 6) is 1.80. The molecule has 2 aromatic heterocycles. The molecule has 0 spiro atoms. The van der Waals surface area contributed by atoms with Crippen LogP contribution in [0.4, 0.5) is 22.0 Å². The number of carbonyl (C=O) groups is 1. The molecule has 41 heavy (non-hydrogen) atoms. The molecule has 1 saturated heterocycles. The number of amides is 1. The third-order valence-corrected chi connectivity index (χ3v) is 6.28. The van der Waals surface area contributed by atoms with E-state index < -0.39 is 11.7 Å². The van der Waals surface area contributed by atoms with Gasteiger partial charge in [-0.15, -0.1) is 0 Å². The fraction of sp³-hybridized carbons (Fsp3) is 0.333. The zero-order valence-electron chi connectivity index (χ0n) is 23.4. The molecular formula is C30H34N6O5. The van der Waals surface area contributed by atoms with Crippen LogP contribution in [0.25, 0.3) is 10.9 Å². The quantitative estimate of drug-likeness (QED) is 0.286. The molecule has 1 fully saturated rings. The van der Waals surface area contributed by atoms with Gasteiger partial charge in [-0.2, -0.15) is 0 Å². The molecule has 5 rings (SSSR count). The van der Waals surface area contributed by atoms with Crippen LogP contribution in [0.1, 0.15) is 26.5 Å². The summed E-state index contributed by atoms with van der Waals surface area (Å²) in [6.07, 6.45) is 2.83. The van der Waals surface area contributed by atoms with Crippen LogP contribution < -0.4 is 20.5 Å². The van der Waals surface area contributed by atoms with E-state index in [4.69, 9.17) is 24.7 Å². The van der Waals surface area contributed by atoms with E-state index in [9.17, 15) is 4.79 Å². The van der Waals surface area contributed by atoms with Gasteiger partial charge in [-0.1, -0.05) is 6.07 Å². The number of benzene rings is 2. The summed E-state index contributed by atoms with van der Waals surface area (Å²) >= 11 is 0. The molecule has 11 heteroatoms. The van der Waals surface area contributed by atoms with Crippen molar-refractivity contribution in [1.82, 2.24) is 19.9 Å². The van der Waals surface area contributed by atoms with Crippen LogP contribution in [-0.2, 0) is 16.1 Å². The second kappa shape index (κ2) is 12.3. The van der Waals surface area contributed by atoms with Gasteiger partial charge in [0, 0.05) is 29.9 Å². The smallest absolute Gasteiger partial charge is 0.410 e. The standard InChI is InChI=1S/C30H34N6O5/c1-30(2,3)41-29(37)36-12-13-38-17-22(36)18-40-27-15-26-24(14-25(27)31)28(34-19-33-26)35-20-7-9-23(10-8-20)39-16-21-6-4-5-11-32-21/h4-11,14-15,19,22H,12-13,16-18,31H2,1-3H3,(H,33,34,35). The van der Waals surface area contributed by atoms with Gasteiger partial charge >= 0.3 is 6.09 Å². The molecule has 11 nitrogen and oxygen atoms in total. The molecule has 4 aromatic rings. The molecule has 0 radical (unpaired) electrons. The van der Waals surface area contributed by atoms with Crippen LogP contribution >= 0.6 is 0 Å². The highest BCUT2D eigenvalue weighted by molar-refractivity contribution is 5.94. The minimum Gasteiger partial charge on any atom is -0.489 e. The lowest BCUT2D eigenvalue weighted by atomic mass is 10.2. The van der Waals surface area contributed by atoms with Crippen molar-refractivity contribution in [3.63, 3.8) is 0 Å². The maximum Gasteiger partial charge on any atom is 0.410 e. The molecule has 0 saturated carbocycles. The second-order valence-corrected chi connectivity index (χ2v) is 10.6. The number of ether oxygens (including phenoxy) is 4. The first-order valence-corrected chi connectivity index (χ1v) is 13.4. The van der Waals surface area contributed by atoms with E-state index in [1.807, 2.05) is 63.2 Å². The lowest BCUT2D eigenvalue weighted by Gasteiger charge is -2.36. The Hall–Kier alpha value is -4.64. The Bertz CT molecular complexity index is 1480. The van der Waals surface area contributed by atoms with E-state index in [2.05, 4.69) is 20.3 Å². The highest BCUT2D eigenvalue weighted by Crippen LogP contribution is 2.32. The number of pyridine rings is 1. The normalized spacial score (nSPS) is 15.4. The van der Waals surface area contributed by atoms with Crippen molar-refractivity contribution in [1.29, 1.82) is 0 Å². The summed E-state index contributed by atoms with van der Waals surface area (Å²) in [4.78, 5) is 27.4. The molecule has 2 aromatic carbocycles. The molecule has 1 amide bonds. The van der Waals surface area contributed by atoms with Crippen LogP contribution in [0, 0.1) is 0 Å². The van der Waals surface area contributed by atoms with Crippen LogP contribution in [0.15, 0.2) is 67.1 Å². The SMILES string of the molecule is CC(C)(C)OC(=O)N1CCOCC1COc1cc2ncnc(Nc3ccc(OCc4ccccn4)cc3)c2cc1N. The average Bonchev–Trinajstić information content (AvgIpc) is 2.96. The number of nitrogens with zero attached hydrogens (tertiary/aromatic N) is 4. The Morgan fingerprint density at radius 3 is 2.68 bits per heavy atom. The highest BCUT2D eigenvalue weighted by Gasteiger charge is 2.31. The fourth-order valence-electron chi connectivity index (χ4n) is 4.28. The summed E-state index contributed by atoms with van der Waals surface area (Å²) in [5, 5.41) is 4.07. The highest BCUT2D eigenvalue weighted by atomic mass is 16.6. The summed E-state index contributed by atoms with van der Waals surface area (Å²) in [6.45, 7) is 7.32. The maximum atomic E-state index is 12.7. The van der Waals surface area contributed by atoms with E-state index in [1.165, 1.54) is 6.33 Å². The maximum absolute atomic E-state index is 12.7. The van der Waals surface area contributed by atoms with Crippen molar-refractivity contribution in [2.24, 2.45) is 0 Å². The number of nitrogens with two attached hydrogens (primary N) is 1. The zero-order valence-corrected chi connectivity index (χ0v) is 23.4. The Labute approximate surface area is 238 Å². The number of morpholine rings is 1. The van der Waals surface area contributed by atoms with Crippen LogP contribution in [0.5, 0.6) is 11.5 Å². The summed E-state index contributed by atoms with van der Waals surface area (Å²) < 4.78 is 23.0.